The summed E-state index contributed by atoms with van der Waals surface area (Å²) in [7, 11) is 0. The van der Waals surface area contributed by atoms with E-state index in [2.05, 4.69) is 5.32 Å². The van der Waals surface area contributed by atoms with E-state index in [1.165, 1.54) is 18.2 Å². The van der Waals surface area contributed by atoms with E-state index in [1.807, 2.05) is 0 Å². The predicted molar refractivity (Wildman–Crippen MR) is 69.6 cm³/mol. The smallest absolute Gasteiger partial charge is 0.371 e. The molecular weight excluding hydrogens is 262 g/mol. The lowest BCUT2D eigenvalue weighted by atomic mass is 10.1. The highest BCUT2D eigenvalue weighted by molar-refractivity contribution is 5.87. The Balaban J connectivity index is 1.85. The van der Waals surface area contributed by atoms with E-state index >= 15 is 0 Å². The summed E-state index contributed by atoms with van der Waals surface area (Å²) >= 11 is 0. The molecule has 104 valence electrons. The summed E-state index contributed by atoms with van der Waals surface area (Å²) in [5.41, 5.74) is 1.17. The van der Waals surface area contributed by atoms with E-state index in [1.54, 1.807) is 18.2 Å². The van der Waals surface area contributed by atoms with Gasteiger partial charge in [-0.05, 0) is 29.8 Å². The summed E-state index contributed by atoms with van der Waals surface area (Å²) in [6, 6.07) is 9.52. The molecule has 0 bridgehead atoms. The molecule has 20 heavy (non-hydrogen) atoms. The Morgan fingerprint density at radius 1 is 0.950 bits per heavy atom. The molecule has 2 aromatic rings. The maximum Gasteiger partial charge on any atom is 0.371 e. The maximum absolute atomic E-state index is 10.7. The first-order chi connectivity index (χ1) is 9.56. The van der Waals surface area contributed by atoms with Gasteiger partial charge in [-0.25, -0.2) is 9.59 Å². The molecule has 0 aliphatic carbocycles. The highest BCUT2D eigenvalue weighted by Crippen LogP contribution is 2.08. The van der Waals surface area contributed by atoms with Crippen molar-refractivity contribution < 1.29 is 24.2 Å². The van der Waals surface area contributed by atoms with Crippen LogP contribution < -0.4 is 5.32 Å². The third-order valence-electron chi connectivity index (χ3n) is 2.70. The largest absolute Gasteiger partial charge is 0.478 e. The highest BCUT2D eigenvalue weighted by atomic mass is 16.4. The topological polar surface area (TPSA) is 99.8 Å². The molecule has 0 amide bonds. The third-order valence-corrected chi connectivity index (χ3v) is 2.70. The van der Waals surface area contributed by atoms with Crippen LogP contribution in [0.15, 0.2) is 40.8 Å². The van der Waals surface area contributed by atoms with Crippen LogP contribution in [-0.2, 0) is 13.1 Å². The van der Waals surface area contributed by atoms with E-state index in [9.17, 15) is 9.59 Å². The molecule has 0 fully saturated rings. The number of furan rings is 1. The fourth-order valence-electron chi connectivity index (χ4n) is 1.68. The molecule has 6 heteroatoms. The molecular formula is C14H13NO5. The van der Waals surface area contributed by atoms with Crippen molar-refractivity contribution >= 4 is 11.9 Å². The zero-order valence-corrected chi connectivity index (χ0v) is 10.5. The normalized spacial score (nSPS) is 10.4. The minimum Gasteiger partial charge on any atom is -0.478 e. The molecule has 0 saturated carbocycles. The lowest BCUT2D eigenvalue weighted by Gasteiger charge is -2.03. The maximum atomic E-state index is 10.7. The van der Waals surface area contributed by atoms with Crippen LogP contribution in [0.1, 0.15) is 32.2 Å². The summed E-state index contributed by atoms with van der Waals surface area (Å²) in [6.07, 6.45) is 0. The molecule has 1 aromatic heterocycles. The van der Waals surface area contributed by atoms with Gasteiger partial charge in [0.25, 0.3) is 0 Å². The molecule has 0 spiro atoms. The molecule has 0 unspecified atom stereocenters. The summed E-state index contributed by atoms with van der Waals surface area (Å²) in [4.78, 5) is 21.3. The van der Waals surface area contributed by atoms with Gasteiger partial charge in [0, 0.05) is 6.54 Å². The van der Waals surface area contributed by atoms with E-state index in [-0.39, 0.29) is 11.3 Å². The van der Waals surface area contributed by atoms with Crippen LogP contribution in [-0.4, -0.2) is 22.2 Å². The third kappa shape index (κ3) is 3.46. The van der Waals surface area contributed by atoms with Crippen LogP contribution >= 0.6 is 0 Å². The number of nitrogens with one attached hydrogen (secondary N) is 1. The number of benzene rings is 1. The lowest BCUT2D eigenvalue weighted by Crippen LogP contribution is -2.12. The minimum atomic E-state index is -1.10. The molecule has 0 saturated heterocycles. The standard InChI is InChI=1S/C14H13NO5/c16-13(17)10-3-1-9(2-4-10)7-15-8-11-5-6-12(20-11)14(18)19/h1-6,15H,7-8H2,(H,16,17)(H,18,19). The lowest BCUT2D eigenvalue weighted by molar-refractivity contribution is 0.0657. The van der Waals surface area contributed by atoms with Gasteiger partial charge in [-0.3, -0.25) is 0 Å². The predicted octanol–water partition coefficient (Wildman–Crippen LogP) is 1.97. The van der Waals surface area contributed by atoms with Gasteiger partial charge in [0.15, 0.2) is 0 Å². The Bertz CT molecular complexity index is 615. The molecule has 0 aliphatic rings. The first-order valence-electron chi connectivity index (χ1n) is 5.91. The number of carboxylic acids is 2. The van der Waals surface area contributed by atoms with E-state index in [0.717, 1.165) is 5.56 Å². The number of rotatable bonds is 6. The van der Waals surface area contributed by atoms with Gasteiger partial charge in [-0.2, -0.15) is 0 Å². The number of aromatic carboxylic acids is 2. The Labute approximate surface area is 114 Å². The molecule has 1 heterocycles. The van der Waals surface area contributed by atoms with Crippen molar-refractivity contribution in [1.29, 1.82) is 0 Å². The number of hydrogen-bond donors (Lipinski definition) is 3. The van der Waals surface area contributed by atoms with Gasteiger partial charge in [0.1, 0.15) is 5.76 Å². The average Bonchev–Trinajstić information content (AvgIpc) is 2.88. The zero-order valence-electron chi connectivity index (χ0n) is 10.5. The average molecular weight is 275 g/mol. The Hall–Kier alpha value is -2.60. The molecule has 0 atom stereocenters. The molecule has 2 rings (SSSR count). The fraction of sp³-hybridized carbons (Fsp3) is 0.143. The van der Waals surface area contributed by atoms with Crippen LogP contribution in [0.25, 0.3) is 0 Å². The summed E-state index contributed by atoms with van der Waals surface area (Å²) < 4.78 is 5.09. The number of carbonyl (C=O) groups is 2. The zero-order chi connectivity index (χ0) is 14.5. The fourth-order valence-corrected chi connectivity index (χ4v) is 1.68. The van der Waals surface area contributed by atoms with Gasteiger partial charge in [0.2, 0.25) is 5.76 Å². The monoisotopic (exact) mass is 275 g/mol. The van der Waals surface area contributed by atoms with Gasteiger partial charge in [-0.15, -0.1) is 0 Å². The van der Waals surface area contributed by atoms with Gasteiger partial charge in [0.05, 0.1) is 12.1 Å². The van der Waals surface area contributed by atoms with Crippen molar-refractivity contribution in [3.05, 3.63) is 59.0 Å². The van der Waals surface area contributed by atoms with Crippen molar-refractivity contribution in [2.24, 2.45) is 0 Å². The summed E-state index contributed by atoms with van der Waals surface area (Å²) in [6.45, 7) is 0.928. The minimum absolute atomic E-state index is 0.0902. The van der Waals surface area contributed by atoms with Crippen LogP contribution in [0.4, 0.5) is 0 Å². The molecule has 0 aliphatic heterocycles. The summed E-state index contributed by atoms with van der Waals surface area (Å²) in [5, 5.41) is 20.6. The van der Waals surface area contributed by atoms with Crippen molar-refractivity contribution in [2.75, 3.05) is 0 Å². The SMILES string of the molecule is O=C(O)c1ccc(CNCc2ccc(C(=O)O)o2)cc1. The van der Waals surface area contributed by atoms with E-state index in [4.69, 9.17) is 14.6 Å². The highest BCUT2D eigenvalue weighted by Gasteiger charge is 2.08. The van der Waals surface area contributed by atoms with Gasteiger partial charge >= 0.3 is 11.9 Å². The van der Waals surface area contributed by atoms with Crippen LogP contribution in [0.5, 0.6) is 0 Å². The van der Waals surface area contributed by atoms with E-state index < -0.39 is 11.9 Å². The first kappa shape index (κ1) is 13.8. The summed E-state index contributed by atoms with van der Waals surface area (Å²) in [5.74, 6) is -1.61. The Morgan fingerprint density at radius 3 is 2.20 bits per heavy atom. The van der Waals surface area contributed by atoms with E-state index in [0.29, 0.717) is 18.8 Å². The molecule has 6 nitrogen and oxygen atoms in total. The van der Waals surface area contributed by atoms with Crippen molar-refractivity contribution in [2.45, 2.75) is 13.1 Å². The number of hydrogen-bond acceptors (Lipinski definition) is 4. The Kier molecular flexibility index (Phi) is 4.17. The first-order valence-corrected chi connectivity index (χ1v) is 5.91. The molecule has 0 radical (unpaired) electrons. The van der Waals surface area contributed by atoms with Crippen molar-refractivity contribution in [3.8, 4) is 0 Å². The second-order valence-corrected chi connectivity index (χ2v) is 4.18. The quantitative estimate of drug-likeness (QED) is 0.745. The second kappa shape index (κ2) is 6.03. The van der Waals surface area contributed by atoms with Gasteiger partial charge < -0.3 is 19.9 Å². The number of carboxylic acid groups (broad SMARTS) is 2. The van der Waals surface area contributed by atoms with Gasteiger partial charge in [-0.1, -0.05) is 12.1 Å². The molecule has 3 N–H and O–H groups in total. The van der Waals surface area contributed by atoms with Crippen molar-refractivity contribution in [3.63, 3.8) is 0 Å². The van der Waals surface area contributed by atoms with Crippen LogP contribution in [0, 0.1) is 0 Å². The van der Waals surface area contributed by atoms with Crippen molar-refractivity contribution in [1.82, 2.24) is 5.32 Å². The van der Waals surface area contributed by atoms with Crippen LogP contribution in [0.2, 0.25) is 0 Å². The molecule has 1 aromatic carbocycles. The second-order valence-electron chi connectivity index (χ2n) is 4.18. The Morgan fingerprint density at radius 2 is 1.65 bits per heavy atom. The van der Waals surface area contributed by atoms with Crippen LogP contribution in [0.3, 0.4) is 0 Å².